The quantitative estimate of drug-likeness (QED) is 0.786. The molecule has 1 aliphatic heterocycles. The van der Waals surface area contributed by atoms with Crippen LogP contribution >= 0.6 is 0 Å². The first-order valence-corrected chi connectivity index (χ1v) is 8.83. The normalized spacial score (nSPS) is 23.9. The second kappa shape index (κ2) is 4.63. The summed E-state index contributed by atoms with van der Waals surface area (Å²) in [4.78, 5) is 0.0606. The molecular weight excluding hydrogens is 278 g/mol. The van der Waals surface area contributed by atoms with Gasteiger partial charge in [-0.2, -0.15) is 5.10 Å². The molecule has 1 aromatic heterocycles. The van der Waals surface area contributed by atoms with Crippen LogP contribution in [0.3, 0.4) is 0 Å². The van der Waals surface area contributed by atoms with Crippen molar-refractivity contribution in [3.63, 3.8) is 0 Å². The van der Waals surface area contributed by atoms with Crippen molar-refractivity contribution in [1.29, 1.82) is 0 Å². The summed E-state index contributed by atoms with van der Waals surface area (Å²) in [6, 6.07) is -0.553. The number of hydrogen-bond acceptors (Lipinski definition) is 5. The highest BCUT2D eigenvalue weighted by atomic mass is 32.2. The van der Waals surface area contributed by atoms with Crippen molar-refractivity contribution in [3.8, 4) is 0 Å². The van der Waals surface area contributed by atoms with Crippen LogP contribution < -0.4 is 4.72 Å². The van der Waals surface area contributed by atoms with Gasteiger partial charge in [-0.25, -0.2) is 21.6 Å². The third-order valence-electron chi connectivity index (χ3n) is 2.86. The second-order valence-electron chi connectivity index (χ2n) is 4.43. The molecule has 7 nitrogen and oxygen atoms in total. The average molecular weight is 293 g/mol. The standard InChI is InChI=1S/C9H15N3O4S2/c1-7-9(5-10-11-7)18(15,16)12-8-3-2-4-17(13,14)6-8/h5,8,12H,2-4,6H2,1H3,(H,10,11). The van der Waals surface area contributed by atoms with Crippen molar-refractivity contribution in [3.05, 3.63) is 11.9 Å². The van der Waals surface area contributed by atoms with Crippen molar-refractivity contribution < 1.29 is 16.8 Å². The molecule has 2 rings (SSSR count). The number of H-pyrrole nitrogens is 1. The molecule has 1 aliphatic rings. The van der Waals surface area contributed by atoms with Crippen LogP contribution in [-0.4, -0.2) is 44.6 Å². The van der Waals surface area contributed by atoms with Gasteiger partial charge in [-0.15, -0.1) is 0 Å². The predicted octanol–water partition coefficient (Wildman–Crippen LogP) is -0.426. The van der Waals surface area contributed by atoms with E-state index < -0.39 is 25.9 Å². The lowest BCUT2D eigenvalue weighted by atomic mass is 10.2. The molecule has 9 heteroatoms. The lowest BCUT2D eigenvalue weighted by Crippen LogP contribution is -2.43. The summed E-state index contributed by atoms with van der Waals surface area (Å²) in [5.74, 6) is -0.000898. The molecule has 0 saturated carbocycles. The monoisotopic (exact) mass is 293 g/mol. The molecule has 0 aliphatic carbocycles. The molecule has 2 heterocycles. The molecule has 1 unspecified atom stereocenters. The lowest BCUT2D eigenvalue weighted by Gasteiger charge is -2.22. The summed E-state index contributed by atoms with van der Waals surface area (Å²) in [7, 11) is -6.84. The van der Waals surface area contributed by atoms with E-state index >= 15 is 0 Å². The number of aromatic nitrogens is 2. The number of nitrogens with zero attached hydrogens (tertiary/aromatic N) is 1. The third-order valence-corrected chi connectivity index (χ3v) is 6.31. The Bertz CT molecular complexity index is 633. The maximum atomic E-state index is 12.0. The summed E-state index contributed by atoms with van der Waals surface area (Å²) < 4.78 is 49.4. The zero-order valence-corrected chi connectivity index (χ0v) is 11.5. The number of sulfonamides is 1. The molecule has 2 N–H and O–H groups in total. The zero-order chi connectivity index (χ0) is 13.4. The highest BCUT2D eigenvalue weighted by molar-refractivity contribution is 7.91. The molecule has 0 aromatic carbocycles. The van der Waals surface area contributed by atoms with Gasteiger partial charge in [0.15, 0.2) is 9.84 Å². The Hall–Kier alpha value is -0.930. The number of rotatable bonds is 3. The minimum atomic E-state index is -3.71. The van der Waals surface area contributed by atoms with Crippen LogP contribution in [-0.2, 0) is 19.9 Å². The van der Waals surface area contributed by atoms with Crippen molar-refractivity contribution >= 4 is 19.9 Å². The highest BCUT2D eigenvalue weighted by Gasteiger charge is 2.29. The van der Waals surface area contributed by atoms with E-state index in [0.717, 1.165) is 0 Å². The predicted molar refractivity (Wildman–Crippen MR) is 65.3 cm³/mol. The summed E-state index contributed by atoms with van der Waals surface area (Å²) in [6.45, 7) is 1.60. The van der Waals surface area contributed by atoms with Gasteiger partial charge in [0.2, 0.25) is 10.0 Å². The fourth-order valence-corrected chi connectivity index (χ4v) is 5.16. The lowest BCUT2D eigenvalue weighted by molar-refractivity contribution is 0.517. The Morgan fingerprint density at radius 2 is 2.22 bits per heavy atom. The van der Waals surface area contributed by atoms with Crippen LogP contribution in [0, 0.1) is 6.92 Å². The molecule has 0 bridgehead atoms. The van der Waals surface area contributed by atoms with Crippen LogP contribution in [0.5, 0.6) is 0 Å². The van der Waals surface area contributed by atoms with Gasteiger partial charge >= 0.3 is 0 Å². The maximum absolute atomic E-state index is 12.0. The van der Waals surface area contributed by atoms with E-state index in [9.17, 15) is 16.8 Å². The second-order valence-corrected chi connectivity index (χ2v) is 8.35. The summed E-state index contributed by atoms with van der Waals surface area (Å²) in [5.41, 5.74) is 0.432. The molecule has 1 atom stereocenters. The summed E-state index contributed by atoms with van der Waals surface area (Å²) >= 11 is 0. The Morgan fingerprint density at radius 3 is 2.78 bits per heavy atom. The first-order chi connectivity index (χ1) is 8.30. The van der Waals surface area contributed by atoms with Gasteiger partial charge in [0.25, 0.3) is 0 Å². The fraction of sp³-hybridized carbons (Fsp3) is 0.667. The number of aryl methyl sites for hydroxylation is 1. The van der Waals surface area contributed by atoms with Crippen molar-refractivity contribution in [1.82, 2.24) is 14.9 Å². The molecule has 18 heavy (non-hydrogen) atoms. The first kappa shape index (κ1) is 13.5. The van der Waals surface area contributed by atoms with E-state index in [1.165, 1.54) is 6.20 Å². The Balaban J connectivity index is 2.17. The largest absolute Gasteiger partial charge is 0.281 e. The summed E-state index contributed by atoms with van der Waals surface area (Å²) in [6.07, 6.45) is 2.24. The Morgan fingerprint density at radius 1 is 1.50 bits per heavy atom. The molecule has 1 aromatic rings. The highest BCUT2D eigenvalue weighted by Crippen LogP contribution is 2.16. The molecule has 102 valence electrons. The van der Waals surface area contributed by atoms with Crippen molar-refractivity contribution in [2.45, 2.75) is 30.7 Å². The third kappa shape index (κ3) is 2.90. The van der Waals surface area contributed by atoms with E-state index in [1.54, 1.807) is 6.92 Å². The Labute approximate surface area is 106 Å². The van der Waals surface area contributed by atoms with Gasteiger partial charge in [-0.1, -0.05) is 0 Å². The van der Waals surface area contributed by atoms with Crippen molar-refractivity contribution in [2.75, 3.05) is 11.5 Å². The van der Waals surface area contributed by atoms with Crippen molar-refractivity contribution in [2.24, 2.45) is 0 Å². The molecule has 1 fully saturated rings. The fourth-order valence-electron chi connectivity index (χ4n) is 2.01. The smallest absolute Gasteiger partial charge is 0.244 e. The van der Waals surface area contributed by atoms with E-state index in [4.69, 9.17) is 0 Å². The SMILES string of the molecule is Cc1[nH]ncc1S(=O)(=O)NC1CCCS(=O)(=O)C1. The van der Waals surface area contributed by atoms with Crippen LogP contribution in [0.1, 0.15) is 18.5 Å². The van der Waals surface area contributed by atoms with E-state index in [2.05, 4.69) is 14.9 Å². The van der Waals surface area contributed by atoms with Gasteiger partial charge in [-0.3, -0.25) is 5.10 Å². The van der Waals surface area contributed by atoms with E-state index in [-0.39, 0.29) is 16.4 Å². The minimum absolute atomic E-state index is 0.0606. The topological polar surface area (TPSA) is 109 Å². The molecule has 0 amide bonds. The van der Waals surface area contributed by atoms with Gasteiger partial charge < -0.3 is 0 Å². The van der Waals surface area contributed by atoms with Gasteiger partial charge in [0.1, 0.15) is 4.90 Å². The van der Waals surface area contributed by atoms with Gasteiger partial charge in [0.05, 0.1) is 23.4 Å². The van der Waals surface area contributed by atoms with Gasteiger partial charge in [-0.05, 0) is 19.8 Å². The molecule has 1 saturated heterocycles. The van der Waals surface area contributed by atoms with Crippen LogP contribution in [0.15, 0.2) is 11.1 Å². The molecular formula is C9H15N3O4S2. The van der Waals surface area contributed by atoms with E-state index in [0.29, 0.717) is 18.5 Å². The van der Waals surface area contributed by atoms with Crippen LogP contribution in [0.4, 0.5) is 0 Å². The maximum Gasteiger partial charge on any atom is 0.244 e. The average Bonchev–Trinajstić information content (AvgIpc) is 2.62. The van der Waals surface area contributed by atoms with E-state index in [1.807, 2.05) is 0 Å². The first-order valence-electron chi connectivity index (χ1n) is 5.53. The molecule has 0 radical (unpaired) electrons. The number of sulfone groups is 1. The number of aromatic amines is 1. The van der Waals surface area contributed by atoms with Crippen LogP contribution in [0.2, 0.25) is 0 Å². The summed E-state index contributed by atoms with van der Waals surface area (Å²) in [5, 5.41) is 6.19. The number of nitrogens with one attached hydrogen (secondary N) is 2. The van der Waals surface area contributed by atoms with Gasteiger partial charge in [0, 0.05) is 6.04 Å². The molecule has 0 spiro atoms. The Kier molecular flexibility index (Phi) is 3.47. The minimum Gasteiger partial charge on any atom is -0.281 e. The van der Waals surface area contributed by atoms with Crippen LogP contribution in [0.25, 0.3) is 0 Å². The zero-order valence-electron chi connectivity index (χ0n) is 9.88. The number of hydrogen-bond donors (Lipinski definition) is 2.